The van der Waals surface area contributed by atoms with E-state index < -0.39 is 0 Å². The summed E-state index contributed by atoms with van der Waals surface area (Å²) in [5.74, 6) is 0.372. The standard InChI is InChI=1S/C13H19N3O2/c1-16(8-10-3-2-6-18-9-10)13(17)11-4-5-15-7-12(11)14/h4-5,7,10H,2-3,6,8-9,14H2,1H3. The molecule has 0 bridgehead atoms. The van der Waals surface area contributed by atoms with Crippen LogP contribution in [0.15, 0.2) is 18.5 Å². The van der Waals surface area contributed by atoms with Gasteiger partial charge in [0.2, 0.25) is 0 Å². The van der Waals surface area contributed by atoms with Crippen molar-refractivity contribution in [2.45, 2.75) is 12.8 Å². The van der Waals surface area contributed by atoms with E-state index >= 15 is 0 Å². The Hall–Kier alpha value is -1.62. The SMILES string of the molecule is CN(CC1CCCOC1)C(=O)c1ccncc1N. The van der Waals surface area contributed by atoms with Crippen LogP contribution in [-0.4, -0.2) is 42.6 Å². The number of rotatable bonds is 3. The monoisotopic (exact) mass is 249 g/mol. The highest BCUT2D eigenvalue weighted by molar-refractivity contribution is 5.98. The molecule has 1 aromatic heterocycles. The molecule has 0 saturated carbocycles. The van der Waals surface area contributed by atoms with E-state index in [1.807, 2.05) is 0 Å². The molecule has 1 aromatic rings. The van der Waals surface area contributed by atoms with Gasteiger partial charge in [-0.15, -0.1) is 0 Å². The molecule has 1 aliphatic heterocycles. The zero-order chi connectivity index (χ0) is 13.0. The highest BCUT2D eigenvalue weighted by atomic mass is 16.5. The third-order valence-corrected chi connectivity index (χ3v) is 3.22. The number of ether oxygens (including phenoxy) is 1. The Labute approximate surface area is 107 Å². The van der Waals surface area contributed by atoms with Crippen LogP contribution in [0.4, 0.5) is 5.69 Å². The normalized spacial score (nSPS) is 19.5. The maximum Gasteiger partial charge on any atom is 0.255 e. The molecule has 0 radical (unpaired) electrons. The molecule has 0 aromatic carbocycles. The van der Waals surface area contributed by atoms with Gasteiger partial charge in [-0.1, -0.05) is 0 Å². The van der Waals surface area contributed by atoms with E-state index in [9.17, 15) is 4.79 Å². The van der Waals surface area contributed by atoms with Crippen molar-refractivity contribution in [1.82, 2.24) is 9.88 Å². The number of nitrogens with zero attached hydrogens (tertiary/aromatic N) is 2. The van der Waals surface area contributed by atoms with Crippen LogP contribution in [0, 0.1) is 5.92 Å². The molecule has 2 heterocycles. The second-order valence-electron chi connectivity index (χ2n) is 4.73. The fraction of sp³-hybridized carbons (Fsp3) is 0.538. The first-order chi connectivity index (χ1) is 8.68. The molecular formula is C13H19N3O2. The number of aromatic nitrogens is 1. The summed E-state index contributed by atoms with van der Waals surface area (Å²) in [6.07, 6.45) is 5.28. The summed E-state index contributed by atoms with van der Waals surface area (Å²) < 4.78 is 5.42. The van der Waals surface area contributed by atoms with Crippen molar-refractivity contribution in [3.63, 3.8) is 0 Å². The maximum absolute atomic E-state index is 12.2. The number of pyridine rings is 1. The number of hydrogen-bond donors (Lipinski definition) is 1. The molecule has 5 heteroatoms. The van der Waals surface area contributed by atoms with E-state index in [0.29, 0.717) is 23.7 Å². The number of nitrogen functional groups attached to an aromatic ring is 1. The molecule has 1 saturated heterocycles. The van der Waals surface area contributed by atoms with Crippen LogP contribution in [0.2, 0.25) is 0 Å². The molecule has 5 nitrogen and oxygen atoms in total. The molecule has 1 atom stereocenters. The van der Waals surface area contributed by atoms with Crippen molar-refractivity contribution in [2.75, 3.05) is 32.5 Å². The van der Waals surface area contributed by atoms with Crippen LogP contribution < -0.4 is 5.73 Å². The fourth-order valence-corrected chi connectivity index (χ4v) is 2.23. The molecule has 0 aliphatic carbocycles. The van der Waals surface area contributed by atoms with Gasteiger partial charge in [0.1, 0.15) is 0 Å². The van der Waals surface area contributed by atoms with E-state index in [4.69, 9.17) is 10.5 Å². The van der Waals surface area contributed by atoms with Crippen molar-refractivity contribution in [2.24, 2.45) is 5.92 Å². The molecule has 1 aliphatic rings. The van der Waals surface area contributed by atoms with Crippen molar-refractivity contribution in [3.05, 3.63) is 24.0 Å². The number of carbonyl (C=O) groups excluding carboxylic acids is 1. The van der Waals surface area contributed by atoms with Crippen LogP contribution in [-0.2, 0) is 4.74 Å². The van der Waals surface area contributed by atoms with Gasteiger partial charge in [-0.2, -0.15) is 0 Å². The Morgan fingerprint density at radius 3 is 3.17 bits per heavy atom. The molecule has 18 heavy (non-hydrogen) atoms. The summed E-state index contributed by atoms with van der Waals surface area (Å²) in [4.78, 5) is 17.8. The van der Waals surface area contributed by atoms with Crippen molar-refractivity contribution in [3.8, 4) is 0 Å². The summed E-state index contributed by atoms with van der Waals surface area (Å²) in [5, 5.41) is 0. The Bertz CT molecular complexity index is 416. The van der Waals surface area contributed by atoms with Gasteiger partial charge in [-0.25, -0.2) is 0 Å². The smallest absolute Gasteiger partial charge is 0.255 e. The van der Waals surface area contributed by atoms with Gasteiger partial charge in [-0.05, 0) is 24.8 Å². The van der Waals surface area contributed by atoms with Gasteiger partial charge in [0.25, 0.3) is 5.91 Å². The van der Waals surface area contributed by atoms with Gasteiger partial charge in [0.05, 0.1) is 24.1 Å². The molecule has 1 amide bonds. The minimum Gasteiger partial charge on any atom is -0.397 e. The summed E-state index contributed by atoms with van der Waals surface area (Å²) in [6, 6.07) is 1.66. The lowest BCUT2D eigenvalue weighted by Gasteiger charge is -2.27. The maximum atomic E-state index is 12.2. The highest BCUT2D eigenvalue weighted by Gasteiger charge is 2.20. The van der Waals surface area contributed by atoms with Gasteiger partial charge >= 0.3 is 0 Å². The number of hydrogen-bond acceptors (Lipinski definition) is 4. The molecule has 98 valence electrons. The molecule has 1 fully saturated rings. The van der Waals surface area contributed by atoms with Crippen molar-refractivity contribution in [1.29, 1.82) is 0 Å². The van der Waals surface area contributed by atoms with Crippen LogP contribution in [0.1, 0.15) is 23.2 Å². The van der Waals surface area contributed by atoms with Crippen LogP contribution in [0.5, 0.6) is 0 Å². The lowest BCUT2D eigenvalue weighted by Crippen LogP contribution is -2.35. The first kappa shape index (κ1) is 12.8. The minimum atomic E-state index is -0.0551. The molecular weight excluding hydrogens is 230 g/mol. The highest BCUT2D eigenvalue weighted by Crippen LogP contribution is 2.17. The molecule has 2 rings (SSSR count). The first-order valence-electron chi connectivity index (χ1n) is 6.21. The lowest BCUT2D eigenvalue weighted by molar-refractivity contribution is 0.0389. The van der Waals surface area contributed by atoms with Gasteiger partial charge < -0.3 is 15.4 Å². The summed E-state index contributed by atoms with van der Waals surface area (Å²) >= 11 is 0. The average Bonchev–Trinajstić information content (AvgIpc) is 2.39. The third kappa shape index (κ3) is 2.98. The zero-order valence-corrected chi connectivity index (χ0v) is 10.6. The zero-order valence-electron chi connectivity index (χ0n) is 10.6. The summed E-state index contributed by atoms with van der Waals surface area (Å²) in [7, 11) is 1.80. The first-order valence-corrected chi connectivity index (χ1v) is 6.21. The predicted molar refractivity (Wildman–Crippen MR) is 69.2 cm³/mol. The Kier molecular flexibility index (Phi) is 4.15. The Morgan fingerprint density at radius 1 is 1.67 bits per heavy atom. The number of carbonyl (C=O) groups is 1. The number of amides is 1. The minimum absolute atomic E-state index is 0.0551. The van der Waals surface area contributed by atoms with Gasteiger partial charge in [0.15, 0.2) is 0 Å². The number of nitrogens with two attached hydrogens (primary N) is 1. The number of anilines is 1. The van der Waals surface area contributed by atoms with Crippen molar-refractivity contribution < 1.29 is 9.53 Å². The average molecular weight is 249 g/mol. The van der Waals surface area contributed by atoms with Gasteiger partial charge in [0, 0.05) is 26.4 Å². The van der Waals surface area contributed by atoms with E-state index in [-0.39, 0.29) is 5.91 Å². The molecule has 0 spiro atoms. The fourth-order valence-electron chi connectivity index (χ4n) is 2.23. The second-order valence-corrected chi connectivity index (χ2v) is 4.73. The predicted octanol–water partition coefficient (Wildman–Crippen LogP) is 1.16. The Balaban J connectivity index is 1.98. The summed E-state index contributed by atoms with van der Waals surface area (Å²) in [6.45, 7) is 2.29. The quantitative estimate of drug-likeness (QED) is 0.873. The van der Waals surface area contributed by atoms with E-state index in [2.05, 4.69) is 4.98 Å². The lowest BCUT2D eigenvalue weighted by atomic mass is 10.0. The van der Waals surface area contributed by atoms with E-state index in [0.717, 1.165) is 26.1 Å². The van der Waals surface area contributed by atoms with Crippen molar-refractivity contribution >= 4 is 11.6 Å². The Morgan fingerprint density at radius 2 is 2.50 bits per heavy atom. The van der Waals surface area contributed by atoms with E-state index in [1.165, 1.54) is 6.20 Å². The summed E-state index contributed by atoms with van der Waals surface area (Å²) in [5.41, 5.74) is 6.70. The van der Waals surface area contributed by atoms with Crippen LogP contribution >= 0.6 is 0 Å². The second kappa shape index (κ2) is 5.82. The topological polar surface area (TPSA) is 68.5 Å². The third-order valence-electron chi connectivity index (χ3n) is 3.22. The van der Waals surface area contributed by atoms with Gasteiger partial charge in [-0.3, -0.25) is 9.78 Å². The molecule has 2 N–H and O–H groups in total. The molecule has 1 unspecified atom stereocenters. The van der Waals surface area contributed by atoms with Crippen LogP contribution in [0.3, 0.4) is 0 Å². The largest absolute Gasteiger partial charge is 0.397 e. The van der Waals surface area contributed by atoms with E-state index in [1.54, 1.807) is 24.2 Å². The van der Waals surface area contributed by atoms with Crippen LogP contribution in [0.25, 0.3) is 0 Å².